The summed E-state index contributed by atoms with van der Waals surface area (Å²) in [6, 6.07) is 2.69. The molecule has 0 radical (unpaired) electrons. The van der Waals surface area contributed by atoms with Crippen LogP contribution in [0.4, 0.5) is 22.4 Å². The number of hydrogen-bond acceptors (Lipinski definition) is 4. The predicted octanol–water partition coefficient (Wildman–Crippen LogP) is 5.12. The van der Waals surface area contributed by atoms with Crippen LogP contribution in [-0.2, 0) is 16.1 Å². The van der Waals surface area contributed by atoms with Crippen LogP contribution in [0.3, 0.4) is 0 Å². The Kier molecular flexibility index (Phi) is 7.64. The molecule has 5 rings (SSSR count). The van der Waals surface area contributed by atoms with Gasteiger partial charge in [-0.2, -0.15) is 0 Å². The van der Waals surface area contributed by atoms with Crippen molar-refractivity contribution in [1.29, 1.82) is 0 Å². The molecule has 10 heteroatoms. The standard InChI is InChI=1S/C28H37F4N3O3/c1-19-14-23(29)22(24(30)15-19)17-33-10-6-27(7-11-33)18-35(26(37)38-27)16-20-2-4-21(5-3-20)25(36)34-12-8-28(31,32)9-13-34/h14-15,20-21H,2-13,16-18H2,1H3. The van der Waals surface area contributed by atoms with E-state index >= 15 is 0 Å². The molecule has 38 heavy (non-hydrogen) atoms. The van der Waals surface area contributed by atoms with Crippen molar-refractivity contribution in [3.63, 3.8) is 0 Å². The van der Waals surface area contributed by atoms with E-state index in [9.17, 15) is 27.2 Å². The van der Waals surface area contributed by atoms with Crippen molar-refractivity contribution >= 4 is 12.0 Å². The zero-order valence-electron chi connectivity index (χ0n) is 22.0. The van der Waals surface area contributed by atoms with Crippen molar-refractivity contribution in [2.75, 3.05) is 39.3 Å². The Balaban J connectivity index is 1.07. The van der Waals surface area contributed by atoms with E-state index in [2.05, 4.69) is 0 Å². The van der Waals surface area contributed by atoms with Gasteiger partial charge < -0.3 is 14.5 Å². The number of rotatable bonds is 5. The van der Waals surface area contributed by atoms with Crippen molar-refractivity contribution in [2.24, 2.45) is 11.8 Å². The molecule has 1 aromatic carbocycles. The zero-order valence-corrected chi connectivity index (χ0v) is 22.0. The van der Waals surface area contributed by atoms with Crippen LogP contribution in [0, 0.1) is 30.4 Å². The van der Waals surface area contributed by atoms with E-state index < -0.39 is 23.2 Å². The highest BCUT2D eigenvalue weighted by molar-refractivity contribution is 5.79. The van der Waals surface area contributed by atoms with Crippen LogP contribution in [-0.4, -0.2) is 77.5 Å². The molecule has 1 saturated carbocycles. The van der Waals surface area contributed by atoms with Gasteiger partial charge in [-0.25, -0.2) is 22.4 Å². The average molecular weight is 540 g/mol. The van der Waals surface area contributed by atoms with E-state index in [1.54, 1.807) is 16.7 Å². The van der Waals surface area contributed by atoms with Crippen LogP contribution in [0.2, 0.25) is 0 Å². The third kappa shape index (κ3) is 5.95. The topological polar surface area (TPSA) is 53.1 Å². The second-order valence-corrected chi connectivity index (χ2v) is 11.8. The SMILES string of the molecule is Cc1cc(F)c(CN2CCC3(CC2)CN(CC2CCC(C(=O)N4CCC(F)(F)CC4)CC2)C(=O)O3)c(F)c1. The lowest BCUT2D eigenvalue weighted by molar-refractivity contribution is -0.142. The van der Waals surface area contributed by atoms with Gasteiger partial charge in [0.05, 0.1) is 6.54 Å². The minimum Gasteiger partial charge on any atom is -0.441 e. The molecular formula is C28H37F4N3O3. The van der Waals surface area contributed by atoms with E-state index in [0.717, 1.165) is 12.8 Å². The van der Waals surface area contributed by atoms with Gasteiger partial charge in [0.15, 0.2) is 0 Å². The number of carbonyl (C=O) groups excluding carboxylic acids is 2. The quantitative estimate of drug-likeness (QED) is 0.488. The Labute approximate surface area is 221 Å². The fourth-order valence-electron chi connectivity index (χ4n) is 6.53. The van der Waals surface area contributed by atoms with Gasteiger partial charge in [-0.05, 0) is 56.2 Å². The maximum atomic E-state index is 14.3. The van der Waals surface area contributed by atoms with Gasteiger partial charge in [0.1, 0.15) is 17.2 Å². The van der Waals surface area contributed by atoms with Crippen molar-refractivity contribution < 1.29 is 31.9 Å². The third-order valence-electron chi connectivity index (χ3n) is 8.96. The van der Waals surface area contributed by atoms with Crippen molar-refractivity contribution in [3.8, 4) is 0 Å². The lowest BCUT2D eigenvalue weighted by Crippen LogP contribution is -2.47. The van der Waals surface area contributed by atoms with Gasteiger partial charge in [0, 0.05) is 76.4 Å². The normalized spacial score (nSPS) is 27.6. The molecule has 3 saturated heterocycles. The number of nitrogens with zero attached hydrogens (tertiary/aromatic N) is 3. The number of carbonyl (C=O) groups is 2. The first-order chi connectivity index (χ1) is 18.0. The number of likely N-dealkylation sites (tertiary alicyclic amines) is 2. The Bertz CT molecular complexity index is 1020. The Morgan fingerprint density at radius 2 is 1.58 bits per heavy atom. The summed E-state index contributed by atoms with van der Waals surface area (Å²) >= 11 is 0. The molecule has 0 aromatic heterocycles. The van der Waals surface area contributed by atoms with Crippen LogP contribution in [0.5, 0.6) is 0 Å². The largest absolute Gasteiger partial charge is 0.441 e. The van der Waals surface area contributed by atoms with Crippen LogP contribution < -0.4 is 0 Å². The second kappa shape index (κ2) is 10.7. The first-order valence-electron chi connectivity index (χ1n) is 13.8. The van der Waals surface area contributed by atoms with Gasteiger partial charge in [0.25, 0.3) is 5.92 Å². The number of amides is 2. The summed E-state index contributed by atoms with van der Waals surface area (Å²) in [5.74, 6) is -3.58. The first kappa shape index (κ1) is 27.2. The maximum absolute atomic E-state index is 14.3. The molecule has 1 aliphatic carbocycles. The molecule has 4 aliphatic rings. The fourth-order valence-corrected chi connectivity index (χ4v) is 6.53. The smallest absolute Gasteiger partial charge is 0.410 e. The van der Waals surface area contributed by atoms with Crippen molar-refractivity contribution in [3.05, 3.63) is 34.9 Å². The summed E-state index contributed by atoms with van der Waals surface area (Å²) in [6.45, 7) is 4.36. The summed E-state index contributed by atoms with van der Waals surface area (Å²) in [6.07, 6.45) is 3.45. The monoisotopic (exact) mass is 539 g/mol. The van der Waals surface area contributed by atoms with Crippen molar-refractivity contribution in [2.45, 2.75) is 76.4 Å². The number of benzene rings is 1. The van der Waals surface area contributed by atoms with Gasteiger partial charge in [-0.3, -0.25) is 9.69 Å². The van der Waals surface area contributed by atoms with E-state index in [4.69, 9.17) is 4.74 Å². The molecule has 0 atom stereocenters. The third-order valence-corrected chi connectivity index (χ3v) is 8.96. The lowest BCUT2D eigenvalue weighted by atomic mass is 9.80. The highest BCUT2D eigenvalue weighted by Crippen LogP contribution is 2.37. The first-order valence-corrected chi connectivity index (χ1v) is 13.8. The summed E-state index contributed by atoms with van der Waals surface area (Å²) in [5, 5.41) is 0. The molecule has 1 aromatic rings. The molecule has 0 unspecified atom stereocenters. The van der Waals surface area contributed by atoms with Gasteiger partial charge in [0.2, 0.25) is 5.91 Å². The predicted molar refractivity (Wildman–Crippen MR) is 133 cm³/mol. The van der Waals surface area contributed by atoms with Crippen LogP contribution in [0.15, 0.2) is 12.1 Å². The van der Waals surface area contributed by atoms with Crippen LogP contribution in [0.25, 0.3) is 0 Å². The van der Waals surface area contributed by atoms with E-state index in [-0.39, 0.29) is 61.9 Å². The number of piperidine rings is 2. The number of ether oxygens (including phenoxy) is 1. The fraction of sp³-hybridized carbons (Fsp3) is 0.714. The van der Waals surface area contributed by atoms with Crippen LogP contribution >= 0.6 is 0 Å². The van der Waals surface area contributed by atoms with E-state index in [1.807, 2.05) is 4.90 Å². The lowest BCUT2D eigenvalue weighted by Gasteiger charge is -2.38. The van der Waals surface area contributed by atoms with Crippen LogP contribution in [0.1, 0.15) is 62.5 Å². The van der Waals surface area contributed by atoms with Gasteiger partial charge in [-0.1, -0.05) is 0 Å². The Hall–Kier alpha value is -2.36. The Morgan fingerprint density at radius 3 is 2.18 bits per heavy atom. The highest BCUT2D eigenvalue weighted by atomic mass is 19.3. The number of alkyl halides is 2. The summed E-state index contributed by atoms with van der Waals surface area (Å²) in [7, 11) is 0. The molecule has 0 bridgehead atoms. The van der Waals surface area contributed by atoms with Gasteiger partial charge in [-0.15, -0.1) is 0 Å². The molecule has 3 aliphatic heterocycles. The number of halogens is 4. The average Bonchev–Trinajstić information content (AvgIpc) is 3.16. The van der Waals surface area contributed by atoms with E-state index in [0.29, 0.717) is 57.4 Å². The molecule has 0 N–H and O–H groups in total. The van der Waals surface area contributed by atoms with Crippen molar-refractivity contribution in [1.82, 2.24) is 14.7 Å². The van der Waals surface area contributed by atoms with Gasteiger partial charge >= 0.3 is 6.09 Å². The molecule has 4 fully saturated rings. The Morgan fingerprint density at radius 1 is 0.974 bits per heavy atom. The second-order valence-electron chi connectivity index (χ2n) is 11.8. The molecule has 3 heterocycles. The molecule has 6 nitrogen and oxygen atoms in total. The summed E-state index contributed by atoms with van der Waals surface area (Å²) < 4.78 is 61.3. The number of hydrogen-bond donors (Lipinski definition) is 0. The highest BCUT2D eigenvalue weighted by Gasteiger charge is 2.47. The minimum absolute atomic E-state index is 0.00403. The van der Waals surface area contributed by atoms with E-state index in [1.165, 1.54) is 12.1 Å². The molecular weight excluding hydrogens is 502 g/mol. The minimum atomic E-state index is -2.66. The number of aryl methyl sites for hydroxylation is 1. The summed E-state index contributed by atoms with van der Waals surface area (Å²) in [4.78, 5) is 30.9. The maximum Gasteiger partial charge on any atom is 0.410 e. The summed E-state index contributed by atoms with van der Waals surface area (Å²) in [5.41, 5.74) is 0.0548. The molecule has 2 amide bonds. The molecule has 210 valence electrons. The molecule has 1 spiro atoms. The zero-order chi connectivity index (χ0) is 27.1.